The van der Waals surface area contributed by atoms with Gasteiger partial charge in [-0.1, -0.05) is 36.4 Å². The quantitative estimate of drug-likeness (QED) is 0.689. The molecular weight excluding hydrogens is 346 g/mol. The second kappa shape index (κ2) is 8.05. The van der Waals surface area contributed by atoms with Crippen LogP contribution in [0.2, 0.25) is 0 Å². The van der Waals surface area contributed by atoms with Crippen molar-refractivity contribution >= 4 is 28.4 Å². The minimum Gasteiger partial charge on any atom is -0.352 e. The Morgan fingerprint density at radius 1 is 0.923 bits per heavy atom. The second-order valence-electron chi connectivity index (χ2n) is 6.08. The molecule has 0 amide bonds. The summed E-state index contributed by atoms with van der Waals surface area (Å²) in [5, 5.41) is 6.41. The van der Waals surface area contributed by atoms with Gasteiger partial charge in [-0.3, -0.25) is 4.21 Å². The maximum absolute atomic E-state index is 11.7. The van der Waals surface area contributed by atoms with Gasteiger partial charge in [-0.25, -0.2) is 0 Å². The molecule has 2 N–H and O–H groups in total. The van der Waals surface area contributed by atoms with Crippen molar-refractivity contribution in [2.24, 2.45) is 0 Å². The third-order valence-corrected chi connectivity index (χ3v) is 4.43. The zero-order valence-corrected chi connectivity index (χ0v) is 15.7. The molecule has 0 saturated heterocycles. The first-order chi connectivity index (χ1) is 12.5. The summed E-state index contributed by atoms with van der Waals surface area (Å²) >= 11 is 0. The number of rotatable bonds is 6. The van der Waals surface area contributed by atoms with Gasteiger partial charge < -0.3 is 10.6 Å². The van der Waals surface area contributed by atoms with E-state index in [0.29, 0.717) is 17.7 Å². The fraction of sp³-hybridized carbons (Fsp3) is 0.211. The molecule has 1 aromatic heterocycles. The highest BCUT2D eigenvalue weighted by Gasteiger charge is 2.10. The number of hydrogen-bond donors (Lipinski definition) is 2. The van der Waals surface area contributed by atoms with Crippen molar-refractivity contribution in [3.63, 3.8) is 0 Å². The van der Waals surface area contributed by atoms with Crippen LogP contribution >= 0.6 is 0 Å². The Labute approximate surface area is 155 Å². The predicted molar refractivity (Wildman–Crippen MR) is 106 cm³/mol. The van der Waals surface area contributed by atoms with Gasteiger partial charge in [0.05, 0.1) is 0 Å². The molecule has 2 aromatic carbocycles. The van der Waals surface area contributed by atoms with Crippen LogP contribution in [0.1, 0.15) is 13.8 Å². The Kier molecular flexibility index (Phi) is 5.58. The van der Waals surface area contributed by atoms with Crippen molar-refractivity contribution < 1.29 is 4.21 Å². The summed E-state index contributed by atoms with van der Waals surface area (Å²) in [4.78, 5) is 14.2. The van der Waals surface area contributed by atoms with E-state index in [1.807, 2.05) is 68.4 Å². The number of nitrogens with zero attached hydrogens (tertiary/aromatic N) is 3. The normalized spacial score (nSPS) is 12.0. The van der Waals surface area contributed by atoms with Crippen molar-refractivity contribution in [3.05, 3.63) is 54.6 Å². The smallest absolute Gasteiger partial charge is 0.232 e. The van der Waals surface area contributed by atoms with Gasteiger partial charge in [-0.2, -0.15) is 15.0 Å². The highest BCUT2D eigenvalue weighted by atomic mass is 32.2. The molecule has 7 heteroatoms. The average Bonchev–Trinajstić information content (AvgIpc) is 2.62. The van der Waals surface area contributed by atoms with E-state index in [1.54, 1.807) is 6.26 Å². The van der Waals surface area contributed by atoms with E-state index >= 15 is 0 Å². The molecule has 0 bridgehead atoms. The van der Waals surface area contributed by atoms with Crippen LogP contribution in [0.15, 0.2) is 59.5 Å². The zero-order chi connectivity index (χ0) is 18.5. The van der Waals surface area contributed by atoms with E-state index in [0.717, 1.165) is 16.1 Å². The molecule has 3 rings (SSSR count). The Bertz CT molecular complexity index is 915. The van der Waals surface area contributed by atoms with Crippen LogP contribution in [0, 0.1) is 0 Å². The molecule has 1 unspecified atom stereocenters. The van der Waals surface area contributed by atoms with Crippen LogP contribution in [0.4, 0.5) is 17.6 Å². The molecule has 26 heavy (non-hydrogen) atoms. The van der Waals surface area contributed by atoms with Crippen LogP contribution in [0.25, 0.3) is 11.4 Å². The van der Waals surface area contributed by atoms with Crippen molar-refractivity contribution in [3.8, 4) is 11.4 Å². The van der Waals surface area contributed by atoms with Crippen LogP contribution in [-0.4, -0.2) is 31.5 Å². The maximum Gasteiger partial charge on any atom is 0.232 e. The maximum atomic E-state index is 11.7. The molecule has 0 aliphatic rings. The second-order valence-corrected chi connectivity index (χ2v) is 7.46. The van der Waals surface area contributed by atoms with Gasteiger partial charge in [-0.05, 0) is 32.0 Å². The Morgan fingerprint density at radius 3 is 2.35 bits per heavy atom. The summed E-state index contributed by atoms with van der Waals surface area (Å²) in [7, 11) is -1.05. The van der Waals surface area contributed by atoms with Gasteiger partial charge in [0.2, 0.25) is 11.9 Å². The standard InChI is InChI=1S/C19H21N5OS/c1-13(2)20-18-22-17(14-8-5-4-6-9-14)23-19(24-18)21-15-10-7-11-16(12-15)26(3)25/h4-13H,1-3H3,(H2,20,21,22,23,24). The lowest BCUT2D eigenvalue weighted by molar-refractivity contribution is 0.687. The molecule has 3 aromatic rings. The largest absolute Gasteiger partial charge is 0.352 e. The van der Waals surface area contributed by atoms with Crippen LogP contribution in [-0.2, 0) is 10.8 Å². The Morgan fingerprint density at radius 2 is 1.65 bits per heavy atom. The van der Waals surface area contributed by atoms with E-state index in [9.17, 15) is 4.21 Å². The number of hydrogen-bond acceptors (Lipinski definition) is 6. The highest BCUT2D eigenvalue weighted by Crippen LogP contribution is 2.21. The van der Waals surface area contributed by atoms with Gasteiger partial charge in [0.1, 0.15) is 0 Å². The molecule has 1 heterocycles. The van der Waals surface area contributed by atoms with E-state index in [4.69, 9.17) is 0 Å². The molecule has 134 valence electrons. The monoisotopic (exact) mass is 367 g/mol. The molecule has 0 aliphatic heterocycles. The molecule has 0 radical (unpaired) electrons. The van der Waals surface area contributed by atoms with Crippen molar-refractivity contribution in [1.82, 2.24) is 15.0 Å². The van der Waals surface area contributed by atoms with Crippen LogP contribution in [0.5, 0.6) is 0 Å². The third kappa shape index (κ3) is 4.64. The molecule has 6 nitrogen and oxygen atoms in total. The average molecular weight is 367 g/mol. The minimum absolute atomic E-state index is 0.194. The van der Waals surface area contributed by atoms with E-state index in [2.05, 4.69) is 25.6 Å². The molecule has 0 aliphatic carbocycles. The van der Waals surface area contributed by atoms with Crippen molar-refractivity contribution in [2.45, 2.75) is 24.8 Å². The first-order valence-corrected chi connectivity index (χ1v) is 9.85. The fourth-order valence-electron chi connectivity index (χ4n) is 2.35. The summed E-state index contributed by atoms with van der Waals surface area (Å²) in [5.74, 6) is 1.52. The minimum atomic E-state index is -1.05. The Balaban J connectivity index is 1.97. The number of nitrogens with one attached hydrogen (secondary N) is 2. The van der Waals surface area contributed by atoms with E-state index in [-0.39, 0.29) is 6.04 Å². The topological polar surface area (TPSA) is 79.8 Å². The summed E-state index contributed by atoms with van der Waals surface area (Å²) in [6.45, 7) is 4.05. The summed E-state index contributed by atoms with van der Waals surface area (Å²) in [6, 6.07) is 17.4. The molecule has 0 spiro atoms. The number of aromatic nitrogens is 3. The lowest BCUT2D eigenvalue weighted by Crippen LogP contribution is -2.14. The van der Waals surface area contributed by atoms with Crippen molar-refractivity contribution in [1.29, 1.82) is 0 Å². The molecule has 1 atom stereocenters. The van der Waals surface area contributed by atoms with Crippen molar-refractivity contribution in [2.75, 3.05) is 16.9 Å². The lowest BCUT2D eigenvalue weighted by Gasteiger charge is -2.12. The van der Waals surface area contributed by atoms with Gasteiger partial charge in [-0.15, -0.1) is 0 Å². The number of anilines is 3. The summed E-state index contributed by atoms with van der Waals surface area (Å²) < 4.78 is 11.7. The van der Waals surface area contributed by atoms with Gasteiger partial charge >= 0.3 is 0 Å². The number of benzene rings is 2. The zero-order valence-electron chi connectivity index (χ0n) is 14.9. The summed E-state index contributed by atoms with van der Waals surface area (Å²) in [5.41, 5.74) is 1.69. The van der Waals surface area contributed by atoms with E-state index < -0.39 is 10.8 Å². The van der Waals surface area contributed by atoms with Gasteiger partial charge in [0.25, 0.3) is 0 Å². The van der Waals surface area contributed by atoms with Gasteiger partial charge in [0, 0.05) is 39.2 Å². The first-order valence-electron chi connectivity index (χ1n) is 8.30. The fourth-order valence-corrected chi connectivity index (χ4v) is 2.92. The molecule has 0 saturated carbocycles. The van der Waals surface area contributed by atoms with Crippen LogP contribution < -0.4 is 10.6 Å². The molecular formula is C19H21N5OS. The highest BCUT2D eigenvalue weighted by molar-refractivity contribution is 7.84. The SMILES string of the molecule is CC(C)Nc1nc(Nc2cccc(S(C)=O)c2)nc(-c2ccccc2)n1. The predicted octanol–water partition coefficient (Wildman–Crippen LogP) is 3.84. The first kappa shape index (κ1) is 18.0. The lowest BCUT2D eigenvalue weighted by atomic mass is 10.2. The van der Waals surface area contributed by atoms with Gasteiger partial charge in [0.15, 0.2) is 5.82 Å². The molecule has 0 fully saturated rings. The third-order valence-electron chi connectivity index (χ3n) is 3.51. The van der Waals surface area contributed by atoms with Crippen LogP contribution in [0.3, 0.4) is 0 Å². The van der Waals surface area contributed by atoms with E-state index in [1.165, 1.54) is 0 Å². The Hall–Kier alpha value is -2.80. The summed E-state index contributed by atoms with van der Waals surface area (Å²) in [6.07, 6.45) is 1.65.